The van der Waals surface area contributed by atoms with Gasteiger partial charge >= 0.3 is 5.63 Å². The molecular formula is C6H6BrNO3. The summed E-state index contributed by atoms with van der Waals surface area (Å²) in [5, 5.41) is 0. The molecule has 11 heavy (non-hydrogen) atoms. The van der Waals surface area contributed by atoms with E-state index in [2.05, 4.69) is 20.5 Å². The predicted molar refractivity (Wildman–Crippen MR) is 41.7 cm³/mol. The SMILES string of the molecule is CC(=O)n1oc(=O)c(Br)c1C. The number of nitrogens with zero attached hydrogens (tertiary/aromatic N) is 1. The zero-order valence-corrected chi connectivity index (χ0v) is 7.64. The first-order chi connectivity index (χ1) is 5.04. The summed E-state index contributed by atoms with van der Waals surface area (Å²) in [5.74, 6) is -0.315. The van der Waals surface area contributed by atoms with Gasteiger partial charge in [-0.3, -0.25) is 4.79 Å². The summed E-state index contributed by atoms with van der Waals surface area (Å²) in [6.45, 7) is 2.94. The first-order valence-electron chi connectivity index (χ1n) is 2.93. The largest absolute Gasteiger partial charge is 0.372 e. The molecule has 0 saturated carbocycles. The van der Waals surface area contributed by atoms with Gasteiger partial charge in [0.1, 0.15) is 4.47 Å². The smallest absolute Gasteiger partial charge is 0.327 e. The van der Waals surface area contributed by atoms with Gasteiger partial charge in [0.05, 0.1) is 5.69 Å². The Morgan fingerprint density at radius 1 is 1.64 bits per heavy atom. The van der Waals surface area contributed by atoms with Crippen molar-refractivity contribution in [3.63, 3.8) is 0 Å². The fourth-order valence-electron chi connectivity index (χ4n) is 0.729. The van der Waals surface area contributed by atoms with Crippen LogP contribution in [0.4, 0.5) is 0 Å². The first-order valence-corrected chi connectivity index (χ1v) is 3.72. The van der Waals surface area contributed by atoms with Crippen LogP contribution in [0.1, 0.15) is 17.4 Å². The molecule has 60 valence electrons. The highest BCUT2D eigenvalue weighted by atomic mass is 79.9. The van der Waals surface area contributed by atoms with Gasteiger partial charge in [-0.15, -0.1) is 4.74 Å². The molecule has 4 nitrogen and oxygen atoms in total. The van der Waals surface area contributed by atoms with E-state index in [0.717, 1.165) is 4.74 Å². The monoisotopic (exact) mass is 219 g/mol. The Bertz CT molecular complexity index is 349. The van der Waals surface area contributed by atoms with E-state index in [1.165, 1.54) is 6.92 Å². The zero-order chi connectivity index (χ0) is 8.59. The molecule has 0 fully saturated rings. The minimum Gasteiger partial charge on any atom is -0.327 e. The fraction of sp³-hybridized carbons (Fsp3) is 0.333. The Morgan fingerprint density at radius 3 is 2.36 bits per heavy atom. The van der Waals surface area contributed by atoms with Gasteiger partial charge in [0.25, 0.3) is 5.91 Å². The van der Waals surface area contributed by atoms with E-state index < -0.39 is 5.63 Å². The summed E-state index contributed by atoms with van der Waals surface area (Å²) in [7, 11) is 0. The molecule has 0 aliphatic carbocycles. The highest BCUT2D eigenvalue weighted by molar-refractivity contribution is 9.10. The standard InChI is InChI=1S/C6H6BrNO3/c1-3-5(7)6(10)11-8(3)4(2)9/h1-2H3. The van der Waals surface area contributed by atoms with Crippen molar-refractivity contribution in [2.24, 2.45) is 0 Å². The number of halogens is 1. The third-order valence-electron chi connectivity index (χ3n) is 1.26. The molecule has 0 amide bonds. The summed E-state index contributed by atoms with van der Waals surface area (Å²) in [6, 6.07) is 0. The molecule has 0 spiro atoms. The van der Waals surface area contributed by atoms with Crippen molar-refractivity contribution < 1.29 is 9.32 Å². The molecule has 5 heteroatoms. The van der Waals surface area contributed by atoms with Crippen molar-refractivity contribution in [1.82, 2.24) is 4.74 Å². The average molecular weight is 220 g/mol. The molecule has 0 bridgehead atoms. The van der Waals surface area contributed by atoms with Gasteiger partial charge < -0.3 is 4.52 Å². The Kier molecular flexibility index (Phi) is 1.99. The Labute approximate surface area is 70.9 Å². The summed E-state index contributed by atoms with van der Waals surface area (Å²) in [4.78, 5) is 21.5. The molecule has 1 heterocycles. The van der Waals surface area contributed by atoms with Gasteiger partial charge in [0.15, 0.2) is 0 Å². The molecule has 0 aromatic carbocycles. The van der Waals surface area contributed by atoms with E-state index in [1.54, 1.807) is 6.92 Å². The molecule has 1 aromatic heterocycles. The molecule has 1 aromatic rings. The molecule has 0 radical (unpaired) electrons. The lowest BCUT2D eigenvalue weighted by molar-refractivity contribution is 0.0807. The quantitative estimate of drug-likeness (QED) is 0.659. The molecule has 0 unspecified atom stereocenters. The minimum absolute atomic E-state index is 0.299. The molecule has 1 rings (SSSR count). The van der Waals surface area contributed by atoms with E-state index in [-0.39, 0.29) is 5.91 Å². The van der Waals surface area contributed by atoms with Crippen LogP contribution in [0.2, 0.25) is 0 Å². The number of rotatable bonds is 0. The summed E-state index contributed by atoms with van der Waals surface area (Å²) < 4.78 is 5.82. The molecule has 0 aliphatic heterocycles. The maximum absolute atomic E-state index is 10.8. The lowest BCUT2D eigenvalue weighted by atomic mass is 10.5. The van der Waals surface area contributed by atoms with Gasteiger partial charge in [-0.25, -0.2) is 4.79 Å². The molecular weight excluding hydrogens is 214 g/mol. The van der Waals surface area contributed by atoms with E-state index >= 15 is 0 Å². The van der Waals surface area contributed by atoms with Gasteiger partial charge in [-0.1, -0.05) is 0 Å². The first kappa shape index (κ1) is 8.26. The molecule has 0 saturated heterocycles. The number of carbonyl (C=O) groups excluding carboxylic acids is 1. The van der Waals surface area contributed by atoms with Crippen molar-refractivity contribution in [3.8, 4) is 0 Å². The van der Waals surface area contributed by atoms with Crippen LogP contribution in [-0.4, -0.2) is 10.6 Å². The molecule has 0 atom stereocenters. The number of carbonyl (C=O) groups is 1. The number of hydrogen-bond donors (Lipinski definition) is 0. The topological polar surface area (TPSA) is 52.2 Å². The third-order valence-corrected chi connectivity index (χ3v) is 2.16. The van der Waals surface area contributed by atoms with Gasteiger partial charge in [0.2, 0.25) is 0 Å². The van der Waals surface area contributed by atoms with Crippen LogP contribution in [0.25, 0.3) is 0 Å². The van der Waals surface area contributed by atoms with Crippen molar-refractivity contribution in [2.75, 3.05) is 0 Å². The van der Waals surface area contributed by atoms with Crippen LogP contribution < -0.4 is 5.63 Å². The van der Waals surface area contributed by atoms with E-state index in [0.29, 0.717) is 10.2 Å². The molecule has 0 N–H and O–H groups in total. The number of aromatic nitrogens is 1. The maximum Gasteiger partial charge on any atom is 0.372 e. The van der Waals surface area contributed by atoms with Crippen LogP contribution in [0.5, 0.6) is 0 Å². The Morgan fingerprint density at radius 2 is 2.18 bits per heavy atom. The van der Waals surface area contributed by atoms with Gasteiger partial charge in [0, 0.05) is 6.92 Å². The minimum atomic E-state index is -0.530. The zero-order valence-electron chi connectivity index (χ0n) is 6.05. The average Bonchev–Trinajstić information content (AvgIpc) is 2.17. The van der Waals surface area contributed by atoms with Gasteiger partial charge in [-0.05, 0) is 22.9 Å². The van der Waals surface area contributed by atoms with Crippen LogP contribution >= 0.6 is 15.9 Å². The fourth-order valence-corrected chi connectivity index (χ4v) is 0.962. The summed E-state index contributed by atoms with van der Waals surface area (Å²) >= 11 is 2.99. The lowest BCUT2D eigenvalue weighted by Gasteiger charge is -1.93. The highest BCUT2D eigenvalue weighted by Gasteiger charge is 2.12. The van der Waals surface area contributed by atoms with E-state index in [4.69, 9.17) is 0 Å². The third kappa shape index (κ3) is 1.28. The normalized spacial score (nSPS) is 10.1. The second-order valence-electron chi connectivity index (χ2n) is 2.09. The van der Waals surface area contributed by atoms with E-state index in [9.17, 15) is 9.59 Å². The second kappa shape index (κ2) is 2.65. The summed E-state index contributed by atoms with van der Waals surface area (Å²) in [5.41, 5.74) is -0.0415. The van der Waals surface area contributed by atoms with Crippen LogP contribution in [-0.2, 0) is 0 Å². The number of hydrogen-bond acceptors (Lipinski definition) is 3. The highest BCUT2D eigenvalue weighted by Crippen LogP contribution is 2.10. The van der Waals surface area contributed by atoms with Crippen molar-refractivity contribution in [3.05, 3.63) is 20.6 Å². The lowest BCUT2D eigenvalue weighted by Crippen LogP contribution is -2.06. The second-order valence-corrected chi connectivity index (χ2v) is 2.88. The molecule has 0 aliphatic rings. The van der Waals surface area contributed by atoms with Crippen molar-refractivity contribution >= 4 is 21.8 Å². The Balaban J connectivity index is 3.42. The predicted octanol–water partition coefficient (Wildman–Crippen LogP) is 1.17. The van der Waals surface area contributed by atoms with Crippen LogP contribution in [0.3, 0.4) is 0 Å². The van der Waals surface area contributed by atoms with E-state index in [1.807, 2.05) is 0 Å². The Hall–Kier alpha value is -0.840. The van der Waals surface area contributed by atoms with Crippen LogP contribution in [0.15, 0.2) is 13.8 Å². The maximum atomic E-state index is 10.8. The van der Waals surface area contributed by atoms with Crippen LogP contribution in [0, 0.1) is 6.92 Å². The summed E-state index contributed by atoms with van der Waals surface area (Å²) in [6.07, 6.45) is 0. The van der Waals surface area contributed by atoms with Crippen molar-refractivity contribution in [1.29, 1.82) is 0 Å². The van der Waals surface area contributed by atoms with Crippen molar-refractivity contribution in [2.45, 2.75) is 13.8 Å². The van der Waals surface area contributed by atoms with Gasteiger partial charge in [-0.2, -0.15) is 0 Å².